The minimum absolute atomic E-state index is 0.264. The number of imide groups is 1. The highest BCUT2D eigenvalue weighted by Gasteiger charge is 2.40. The standard InChI is InChI=1S/C27H26N2O2S/c1-18-13-14-21(15-19(18)2)24-25(32-17-20-9-6-5-7-10-20)27(31)29(26(24)30)23-12-8-11-22(16-23)28(3)4/h5-16H,17H2,1-4H3. The molecule has 1 aliphatic rings. The molecule has 2 amide bonds. The van der Waals surface area contributed by atoms with Crippen LogP contribution in [-0.4, -0.2) is 25.9 Å². The van der Waals surface area contributed by atoms with E-state index in [2.05, 4.69) is 0 Å². The number of thioether (sulfide) groups is 1. The molecule has 3 aromatic carbocycles. The van der Waals surface area contributed by atoms with E-state index in [4.69, 9.17) is 0 Å². The molecule has 0 N–H and O–H groups in total. The van der Waals surface area contributed by atoms with Gasteiger partial charge in [-0.2, -0.15) is 0 Å². The Hall–Kier alpha value is -3.31. The van der Waals surface area contributed by atoms with E-state index in [1.807, 2.05) is 106 Å². The molecular weight excluding hydrogens is 416 g/mol. The number of aryl methyl sites for hydroxylation is 2. The average molecular weight is 443 g/mol. The summed E-state index contributed by atoms with van der Waals surface area (Å²) in [5.74, 6) is 0.0829. The van der Waals surface area contributed by atoms with Gasteiger partial charge < -0.3 is 4.90 Å². The number of carbonyl (C=O) groups excluding carboxylic acids is 2. The summed E-state index contributed by atoms with van der Waals surface area (Å²) in [7, 11) is 3.87. The van der Waals surface area contributed by atoms with Crippen molar-refractivity contribution in [2.45, 2.75) is 19.6 Å². The van der Waals surface area contributed by atoms with Crippen LogP contribution in [0.5, 0.6) is 0 Å². The highest BCUT2D eigenvalue weighted by Crippen LogP contribution is 2.40. The Kier molecular flexibility index (Phi) is 6.19. The van der Waals surface area contributed by atoms with Gasteiger partial charge in [0.05, 0.1) is 16.2 Å². The van der Waals surface area contributed by atoms with Crippen molar-refractivity contribution >= 4 is 40.5 Å². The Morgan fingerprint density at radius 1 is 0.812 bits per heavy atom. The van der Waals surface area contributed by atoms with Crippen molar-refractivity contribution in [1.29, 1.82) is 0 Å². The molecule has 0 radical (unpaired) electrons. The summed E-state index contributed by atoms with van der Waals surface area (Å²) in [6.07, 6.45) is 0. The maximum atomic E-state index is 13.6. The molecule has 3 aromatic rings. The van der Waals surface area contributed by atoms with Gasteiger partial charge in [-0.3, -0.25) is 9.59 Å². The zero-order chi connectivity index (χ0) is 22.8. The van der Waals surface area contributed by atoms with Crippen molar-refractivity contribution < 1.29 is 9.59 Å². The number of rotatable bonds is 6. The summed E-state index contributed by atoms with van der Waals surface area (Å²) in [5.41, 5.74) is 6.14. The van der Waals surface area contributed by atoms with E-state index in [9.17, 15) is 9.59 Å². The van der Waals surface area contributed by atoms with Crippen molar-refractivity contribution in [2.75, 3.05) is 23.9 Å². The monoisotopic (exact) mass is 442 g/mol. The zero-order valence-corrected chi connectivity index (χ0v) is 19.6. The number of nitrogens with zero attached hydrogens (tertiary/aromatic N) is 2. The third-order valence-electron chi connectivity index (χ3n) is 5.67. The van der Waals surface area contributed by atoms with Gasteiger partial charge in [0.1, 0.15) is 0 Å². The Morgan fingerprint density at radius 3 is 2.25 bits per heavy atom. The van der Waals surface area contributed by atoms with Crippen LogP contribution in [0, 0.1) is 13.8 Å². The molecule has 0 fully saturated rings. The Balaban J connectivity index is 1.77. The number of amides is 2. The van der Waals surface area contributed by atoms with Crippen molar-refractivity contribution in [1.82, 2.24) is 0 Å². The minimum Gasteiger partial charge on any atom is -0.378 e. The van der Waals surface area contributed by atoms with Gasteiger partial charge in [-0.15, -0.1) is 11.8 Å². The molecule has 0 aliphatic carbocycles. The number of hydrogen-bond donors (Lipinski definition) is 0. The molecule has 0 saturated heterocycles. The fraction of sp³-hybridized carbons (Fsp3) is 0.185. The Labute approximate surface area is 193 Å². The van der Waals surface area contributed by atoms with Crippen LogP contribution < -0.4 is 9.80 Å². The summed E-state index contributed by atoms with van der Waals surface area (Å²) in [6.45, 7) is 4.06. The van der Waals surface area contributed by atoms with Crippen LogP contribution in [0.3, 0.4) is 0 Å². The number of anilines is 2. The van der Waals surface area contributed by atoms with E-state index in [1.165, 1.54) is 16.7 Å². The largest absolute Gasteiger partial charge is 0.378 e. The van der Waals surface area contributed by atoms with Gasteiger partial charge in [-0.25, -0.2) is 4.90 Å². The molecule has 4 nitrogen and oxygen atoms in total. The maximum absolute atomic E-state index is 13.6. The topological polar surface area (TPSA) is 40.6 Å². The fourth-order valence-electron chi connectivity index (χ4n) is 3.67. The van der Waals surface area contributed by atoms with E-state index in [-0.39, 0.29) is 11.8 Å². The maximum Gasteiger partial charge on any atom is 0.272 e. The van der Waals surface area contributed by atoms with E-state index in [1.54, 1.807) is 0 Å². The summed E-state index contributed by atoms with van der Waals surface area (Å²) in [4.78, 5) is 31.0. The Morgan fingerprint density at radius 2 is 1.56 bits per heavy atom. The third-order valence-corrected chi connectivity index (χ3v) is 6.81. The molecule has 0 unspecified atom stereocenters. The Bertz CT molecular complexity index is 1220. The molecule has 0 aromatic heterocycles. The normalized spacial score (nSPS) is 13.8. The van der Waals surface area contributed by atoms with Gasteiger partial charge in [-0.05, 0) is 54.3 Å². The van der Waals surface area contributed by atoms with Gasteiger partial charge >= 0.3 is 0 Å². The SMILES string of the molecule is Cc1ccc(C2=C(SCc3ccccc3)C(=O)N(c3cccc(N(C)C)c3)C2=O)cc1C. The predicted octanol–water partition coefficient (Wildman–Crippen LogP) is 5.59. The first-order chi connectivity index (χ1) is 15.4. The highest BCUT2D eigenvalue weighted by atomic mass is 32.2. The predicted molar refractivity (Wildman–Crippen MR) is 134 cm³/mol. The number of hydrogen-bond acceptors (Lipinski definition) is 4. The molecule has 0 atom stereocenters. The van der Waals surface area contributed by atoms with Gasteiger partial charge in [0.25, 0.3) is 11.8 Å². The van der Waals surface area contributed by atoms with Crippen LogP contribution >= 0.6 is 11.8 Å². The van der Waals surface area contributed by atoms with Gasteiger partial charge in [0.15, 0.2) is 0 Å². The summed E-state index contributed by atoms with van der Waals surface area (Å²) in [6, 6.07) is 23.4. The van der Waals surface area contributed by atoms with Gasteiger partial charge in [-0.1, -0.05) is 54.6 Å². The van der Waals surface area contributed by atoms with Gasteiger partial charge in [0.2, 0.25) is 0 Å². The number of carbonyl (C=O) groups is 2. The third kappa shape index (κ3) is 4.21. The first-order valence-corrected chi connectivity index (χ1v) is 11.5. The van der Waals surface area contributed by atoms with E-state index >= 15 is 0 Å². The fourth-order valence-corrected chi connectivity index (χ4v) is 4.74. The molecule has 0 bridgehead atoms. The lowest BCUT2D eigenvalue weighted by Gasteiger charge is -2.19. The van der Waals surface area contributed by atoms with Crippen LogP contribution in [0.2, 0.25) is 0 Å². The van der Waals surface area contributed by atoms with Crippen LogP contribution in [-0.2, 0) is 15.3 Å². The van der Waals surface area contributed by atoms with Crippen LogP contribution in [0.1, 0.15) is 22.3 Å². The van der Waals surface area contributed by atoms with Crippen molar-refractivity contribution in [2.24, 2.45) is 0 Å². The van der Waals surface area contributed by atoms with Crippen LogP contribution in [0.4, 0.5) is 11.4 Å². The lowest BCUT2D eigenvalue weighted by molar-refractivity contribution is -0.119. The van der Waals surface area contributed by atoms with Crippen molar-refractivity contribution in [3.05, 3.63) is 100.0 Å². The molecule has 4 rings (SSSR count). The summed E-state index contributed by atoms with van der Waals surface area (Å²) in [5, 5.41) is 0. The molecule has 0 spiro atoms. The van der Waals surface area contributed by atoms with E-state index < -0.39 is 0 Å². The molecule has 32 heavy (non-hydrogen) atoms. The quantitative estimate of drug-likeness (QED) is 0.467. The summed E-state index contributed by atoms with van der Waals surface area (Å²) < 4.78 is 0. The molecule has 1 aliphatic heterocycles. The van der Waals surface area contributed by atoms with Crippen molar-refractivity contribution in [3.8, 4) is 0 Å². The average Bonchev–Trinajstić information content (AvgIpc) is 3.04. The lowest BCUT2D eigenvalue weighted by Crippen LogP contribution is -2.31. The summed E-state index contributed by atoms with van der Waals surface area (Å²) >= 11 is 1.43. The smallest absolute Gasteiger partial charge is 0.272 e. The highest BCUT2D eigenvalue weighted by molar-refractivity contribution is 8.03. The molecule has 5 heteroatoms. The first-order valence-electron chi connectivity index (χ1n) is 10.5. The second-order valence-corrected chi connectivity index (χ2v) is 9.12. The zero-order valence-electron chi connectivity index (χ0n) is 18.8. The van der Waals surface area contributed by atoms with Crippen LogP contribution in [0.25, 0.3) is 5.57 Å². The van der Waals surface area contributed by atoms with Crippen LogP contribution in [0.15, 0.2) is 77.7 Å². The van der Waals surface area contributed by atoms with Crippen molar-refractivity contribution in [3.63, 3.8) is 0 Å². The molecule has 162 valence electrons. The second-order valence-electron chi connectivity index (χ2n) is 8.14. The van der Waals surface area contributed by atoms with E-state index in [0.717, 1.165) is 27.9 Å². The number of benzene rings is 3. The second kappa shape index (κ2) is 9.05. The molecule has 0 saturated carbocycles. The lowest BCUT2D eigenvalue weighted by atomic mass is 10.0. The molecule has 1 heterocycles. The van der Waals surface area contributed by atoms with E-state index in [0.29, 0.717) is 21.9 Å². The first kappa shape index (κ1) is 21.9. The van der Waals surface area contributed by atoms with Gasteiger partial charge in [0, 0.05) is 25.5 Å². The molecular formula is C27H26N2O2S. The minimum atomic E-state index is -0.273.